The van der Waals surface area contributed by atoms with E-state index < -0.39 is 0 Å². The van der Waals surface area contributed by atoms with Crippen LogP contribution < -0.4 is 5.32 Å². The number of halogens is 1. The van der Waals surface area contributed by atoms with Crippen LogP contribution in [0.15, 0.2) is 48.5 Å². The van der Waals surface area contributed by atoms with Gasteiger partial charge in [0.2, 0.25) is 0 Å². The Bertz CT molecular complexity index is 631. The third-order valence-electron chi connectivity index (χ3n) is 3.92. The number of nitrogens with one attached hydrogen (secondary N) is 1. The summed E-state index contributed by atoms with van der Waals surface area (Å²) >= 11 is 5.84. The van der Waals surface area contributed by atoms with Crippen LogP contribution in [0.25, 0.3) is 0 Å². The van der Waals surface area contributed by atoms with E-state index in [0.29, 0.717) is 10.6 Å². The highest BCUT2D eigenvalue weighted by Crippen LogP contribution is 2.16. The molecule has 22 heavy (non-hydrogen) atoms. The quantitative estimate of drug-likeness (QED) is 0.917. The molecule has 1 N–H and O–H groups in total. The summed E-state index contributed by atoms with van der Waals surface area (Å²) in [6.45, 7) is 3.33. The van der Waals surface area contributed by atoms with Crippen molar-refractivity contribution in [3.8, 4) is 0 Å². The molecule has 0 radical (unpaired) electrons. The van der Waals surface area contributed by atoms with Gasteiger partial charge in [-0.3, -0.25) is 9.69 Å². The summed E-state index contributed by atoms with van der Waals surface area (Å²) in [6, 6.07) is 15.0. The first-order chi connectivity index (χ1) is 10.7. The highest BCUT2D eigenvalue weighted by Gasteiger charge is 2.12. The van der Waals surface area contributed by atoms with Crippen LogP contribution >= 0.6 is 11.6 Å². The first kappa shape index (κ1) is 15.1. The van der Waals surface area contributed by atoms with E-state index in [2.05, 4.69) is 10.2 Å². The standard InChI is InChI=1S/C18H19ClN2O/c19-16-7-9-17(10-8-16)20-18(22)15-5-3-14(4-6-15)13-21-11-1-2-12-21/h3-10H,1-2,11-13H2,(H,20,22). The highest BCUT2D eigenvalue weighted by molar-refractivity contribution is 6.30. The Morgan fingerprint density at radius 3 is 2.27 bits per heavy atom. The van der Waals surface area contributed by atoms with Crippen molar-refractivity contribution in [2.45, 2.75) is 19.4 Å². The van der Waals surface area contributed by atoms with Crippen molar-refractivity contribution in [3.63, 3.8) is 0 Å². The van der Waals surface area contributed by atoms with Crippen molar-refractivity contribution in [1.82, 2.24) is 4.90 Å². The Labute approximate surface area is 135 Å². The molecule has 0 spiro atoms. The summed E-state index contributed by atoms with van der Waals surface area (Å²) < 4.78 is 0. The Morgan fingerprint density at radius 1 is 1.00 bits per heavy atom. The molecule has 1 saturated heterocycles. The number of hydrogen-bond acceptors (Lipinski definition) is 2. The molecule has 0 atom stereocenters. The van der Waals surface area contributed by atoms with Crippen LogP contribution in [-0.4, -0.2) is 23.9 Å². The third kappa shape index (κ3) is 3.87. The van der Waals surface area contributed by atoms with Crippen molar-refractivity contribution in [2.75, 3.05) is 18.4 Å². The van der Waals surface area contributed by atoms with E-state index in [9.17, 15) is 4.79 Å². The number of amides is 1. The number of carbonyl (C=O) groups is 1. The molecule has 0 unspecified atom stereocenters. The fourth-order valence-corrected chi connectivity index (χ4v) is 2.82. The first-order valence-electron chi connectivity index (χ1n) is 7.59. The number of nitrogens with zero attached hydrogens (tertiary/aromatic N) is 1. The summed E-state index contributed by atoms with van der Waals surface area (Å²) in [5.41, 5.74) is 2.67. The van der Waals surface area contributed by atoms with Gasteiger partial charge < -0.3 is 5.32 Å². The minimum absolute atomic E-state index is 0.102. The van der Waals surface area contributed by atoms with E-state index in [-0.39, 0.29) is 5.91 Å². The lowest BCUT2D eigenvalue weighted by Gasteiger charge is -2.14. The van der Waals surface area contributed by atoms with E-state index in [1.165, 1.54) is 31.5 Å². The van der Waals surface area contributed by atoms with E-state index in [4.69, 9.17) is 11.6 Å². The molecule has 0 aromatic heterocycles. The SMILES string of the molecule is O=C(Nc1ccc(Cl)cc1)c1ccc(CN2CCCC2)cc1. The number of likely N-dealkylation sites (tertiary alicyclic amines) is 1. The van der Waals surface area contributed by atoms with E-state index >= 15 is 0 Å². The van der Waals surface area contributed by atoms with E-state index in [0.717, 1.165) is 12.2 Å². The number of anilines is 1. The summed E-state index contributed by atoms with van der Waals surface area (Å²) in [5, 5.41) is 3.53. The smallest absolute Gasteiger partial charge is 0.255 e. The topological polar surface area (TPSA) is 32.3 Å². The molecule has 4 heteroatoms. The molecule has 1 aliphatic rings. The van der Waals surface area contributed by atoms with Gasteiger partial charge in [-0.2, -0.15) is 0 Å². The molecule has 3 nitrogen and oxygen atoms in total. The normalized spacial score (nSPS) is 15.0. The minimum atomic E-state index is -0.102. The molecule has 0 aliphatic carbocycles. The number of rotatable bonds is 4. The van der Waals surface area contributed by atoms with E-state index in [1.807, 2.05) is 24.3 Å². The van der Waals surface area contributed by atoms with Crippen LogP contribution in [0.5, 0.6) is 0 Å². The van der Waals surface area contributed by atoms with Gasteiger partial charge >= 0.3 is 0 Å². The molecule has 1 aliphatic heterocycles. The van der Waals surface area contributed by atoms with Crippen LogP contribution in [-0.2, 0) is 6.54 Å². The molecule has 1 fully saturated rings. The average Bonchev–Trinajstić information content (AvgIpc) is 3.03. The fraction of sp³-hybridized carbons (Fsp3) is 0.278. The molecule has 1 heterocycles. The maximum absolute atomic E-state index is 12.2. The lowest BCUT2D eigenvalue weighted by molar-refractivity contribution is 0.102. The Balaban J connectivity index is 1.61. The van der Waals surface area contributed by atoms with E-state index in [1.54, 1.807) is 24.3 Å². The molecule has 0 saturated carbocycles. The van der Waals surface area contributed by atoms with Crippen LogP contribution in [0.3, 0.4) is 0 Å². The highest BCUT2D eigenvalue weighted by atomic mass is 35.5. The van der Waals surface area contributed by atoms with Crippen LogP contribution in [0.4, 0.5) is 5.69 Å². The fourth-order valence-electron chi connectivity index (χ4n) is 2.70. The van der Waals surface area contributed by atoms with Gasteiger partial charge in [-0.1, -0.05) is 23.7 Å². The molecule has 0 bridgehead atoms. The lowest BCUT2D eigenvalue weighted by Crippen LogP contribution is -2.18. The van der Waals surface area contributed by atoms with Gasteiger partial charge in [0.05, 0.1) is 0 Å². The second kappa shape index (κ2) is 6.95. The Kier molecular flexibility index (Phi) is 4.76. The monoisotopic (exact) mass is 314 g/mol. The predicted octanol–water partition coefficient (Wildman–Crippen LogP) is 4.19. The van der Waals surface area contributed by atoms with Gasteiger partial charge in [0.1, 0.15) is 0 Å². The second-order valence-electron chi connectivity index (χ2n) is 5.64. The van der Waals surface area contributed by atoms with Gasteiger partial charge in [-0.05, 0) is 67.9 Å². The zero-order chi connectivity index (χ0) is 15.4. The minimum Gasteiger partial charge on any atom is -0.322 e. The Hall–Kier alpha value is -1.84. The lowest BCUT2D eigenvalue weighted by atomic mass is 10.1. The van der Waals surface area contributed by atoms with Gasteiger partial charge in [0.15, 0.2) is 0 Å². The molecule has 1 amide bonds. The summed E-state index contributed by atoms with van der Waals surface area (Å²) in [4.78, 5) is 14.6. The molecule has 3 rings (SSSR count). The van der Waals surface area contributed by atoms with Gasteiger partial charge in [0, 0.05) is 22.8 Å². The predicted molar refractivity (Wildman–Crippen MR) is 90.4 cm³/mol. The molecular formula is C18H19ClN2O. The van der Waals surface area contributed by atoms with Crippen molar-refractivity contribution < 1.29 is 4.79 Å². The molecular weight excluding hydrogens is 296 g/mol. The number of hydrogen-bond donors (Lipinski definition) is 1. The van der Waals surface area contributed by atoms with Gasteiger partial charge in [-0.15, -0.1) is 0 Å². The average molecular weight is 315 g/mol. The number of benzene rings is 2. The van der Waals surface area contributed by atoms with Crippen molar-refractivity contribution in [1.29, 1.82) is 0 Å². The van der Waals surface area contributed by atoms with Gasteiger partial charge in [0.25, 0.3) is 5.91 Å². The van der Waals surface area contributed by atoms with Crippen molar-refractivity contribution in [3.05, 3.63) is 64.7 Å². The summed E-state index contributed by atoms with van der Waals surface area (Å²) in [7, 11) is 0. The third-order valence-corrected chi connectivity index (χ3v) is 4.18. The zero-order valence-electron chi connectivity index (χ0n) is 12.4. The molecule has 2 aromatic carbocycles. The second-order valence-corrected chi connectivity index (χ2v) is 6.08. The Morgan fingerprint density at radius 2 is 1.64 bits per heavy atom. The van der Waals surface area contributed by atoms with Crippen molar-refractivity contribution >= 4 is 23.2 Å². The molecule has 114 valence electrons. The maximum atomic E-state index is 12.2. The summed E-state index contributed by atoms with van der Waals surface area (Å²) in [5.74, 6) is -0.102. The largest absolute Gasteiger partial charge is 0.322 e. The zero-order valence-corrected chi connectivity index (χ0v) is 13.1. The summed E-state index contributed by atoms with van der Waals surface area (Å²) in [6.07, 6.45) is 2.59. The van der Waals surface area contributed by atoms with Crippen LogP contribution in [0.2, 0.25) is 5.02 Å². The van der Waals surface area contributed by atoms with Crippen LogP contribution in [0.1, 0.15) is 28.8 Å². The van der Waals surface area contributed by atoms with Crippen molar-refractivity contribution in [2.24, 2.45) is 0 Å². The van der Waals surface area contributed by atoms with Crippen LogP contribution in [0, 0.1) is 0 Å². The number of carbonyl (C=O) groups excluding carboxylic acids is 1. The first-order valence-corrected chi connectivity index (χ1v) is 7.97. The maximum Gasteiger partial charge on any atom is 0.255 e. The molecule has 2 aromatic rings. The van der Waals surface area contributed by atoms with Gasteiger partial charge in [-0.25, -0.2) is 0 Å².